The molecule has 1 atom stereocenters. The third kappa shape index (κ3) is 12.1. The number of nitrogens with two attached hydrogens (primary N) is 1. The maximum atomic E-state index is 12.7. The second kappa shape index (κ2) is 18.8. The van der Waals surface area contributed by atoms with Crippen LogP contribution in [-0.2, 0) is 33.6 Å². The van der Waals surface area contributed by atoms with E-state index < -0.39 is 12.0 Å². The molecule has 0 aromatic heterocycles. The van der Waals surface area contributed by atoms with Gasteiger partial charge in [0.2, 0.25) is 5.91 Å². The zero-order valence-electron chi connectivity index (χ0n) is 25.0. The Morgan fingerprint density at radius 3 is 1.95 bits per heavy atom. The predicted octanol–water partition coefficient (Wildman–Crippen LogP) is 5.72. The number of nitrogens with zero attached hydrogens (tertiary/aromatic N) is 1. The van der Waals surface area contributed by atoms with Gasteiger partial charge in [-0.05, 0) is 92.1 Å². The van der Waals surface area contributed by atoms with Crippen LogP contribution < -0.4 is 11.1 Å². The van der Waals surface area contributed by atoms with Gasteiger partial charge in [-0.15, -0.1) is 0 Å². The Kier molecular flexibility index (Phi) is 14.8. The van der Waals surface area contributed by atoms with Gasteiger partial charge in [0, 0.05) is 19.5 Å². The van der Waals surface area contributed by atoms with Crippen LogP contribution in [-0.4, -0.2) is 54.9 Å². The molecular formula is C35H47N3O4. The molecule has 42 heavy (non-hydrogen) atoms. The highest BCUT2D eigenvalue weighted by Crippen LogP contribution is 2.21. The van der Waals surface area contributed by atoms with Crippen molar-refractivity contribution in [3.05, 3.63) is 95.6 Å². The summed E-state index contributed by atoms with van der Waals surface area (Å²) in [5.41, 5.74) is 11.5. The fraction of sp³-hybridized carbons (Fsp3) is 0.429. The first-order valence-electron chi connectivity index (χ1n) is 15.2. The molecule has 1 amide bonds. The van der Waals surface area contributed by atoms with E-state index in [0.717, 1.165) is 49.8 Å². The zero-order valence-corrected chi connectivity index (χ0v) is 25.0. The molecule has 0 aliphatic rings. The van der Waals surface area contributed by atoms with E-state index in [1.165, 1.54) is 28.9 Å². The van der Waals surface area contributed by atoms with Crippen molar-refractivity contribution in [2.45, 2.75) is 70.3 Å². The van der Waals surface area contributed by atoms with E-state index in [9.17, 15) is 14.8 Å². The van der Waals surface area contributed by atoms with Gasteiger partial charge in [-0.2, -0.15) is 5.06 Å². The minimum atomic E-state index is -0.687. The van der Waals surface area contributed by atoms with Crippen molar-refractivity contribution >= 4 is 11.9 Å². The Hall–Kier alpha value is -3.52. The van der Waals surface area contributed by atoms with Crippen LogP contribution in [0.25, 0.3) is 11.1 Å². The Morgan fingerprint density at radius 2 is 1.33 bits per heavy atom. The molecule has 0 saturated heterocycles. The molecule has 3 aromatic rings. The third-order valence-electron chi connectivity index (χ3n) is 7.51. The van der Waals surface area contributed by atoms with E-state index in [4.69, 9.17) is 10.5 Å². The van der Waals surface area contributed by atoms with Gasteiger partial charge in [-0.25, -0.2) is 4.79 Å². The number of methoxy groups -OCH3 is 1. The molecule has 0 radical (unpaired) electrons. The van der Waals surface area contributed by atoms with Crippen LogP contribution in [0.4, 0.5) is 0 Å². The van der Waals surface area contributed by atoms with Crippen molar-refractivity contribution in [2.75, 3.05) is 26.7 Å². The molecule has 0 aliphatic heterocycles. The number of nitrogens with one attached hydrogen (secondary N) is 1. The SMILES string of the molecule is COC(=O)[C@H](CCCCN(O)CCCc1ccccc1)NC(=O)CCc1ccc(-c2ccc(CCCCN)cc2)cc1. The van der Waals surface area contributed by atoms with Crippen LogP contribution >= 0.6 is 0 Å². The van der Waals surface area contributed by atoms with Gasteiger partial charge < -0.3 is 21.0 Å². The monoisotopic (exact) mass is 573 g/mol. The molecule has 226 valence electrons. The Balaban J connectivity index is 1.36. The lowest BCUT2D eigenvalue weighted by Gasteiger charge is -2.18. The molecule has 4 N–H and O–H groups in total. The molecule has 7 nitrogen and oxygen atoms in total. The lowest BCUT2D eigenvalue weighted by atomic mass is 9.99. The van der Waals surface area contributed by atoms with E-state index in [2.05, 4.69) is 66.0 Å². The number of rotatable bonds is 19. The molecule has 0 aliphatic carbocycles. The van der Waals surface area contributed by atoms with Crippen LogP contribution in [0, 0.1) is 0 Å². The Labute approximate surface area is 251 Å². The first-order chi connectivity index (χ1) is 20.5. The molecule has 0 heterocycles. The van der Waals surface area contributed by atoms with Crippen molar-refractivity contribution in [3.8, 4) is 11.1 Å². The summed E-state index contributed by atoms with van der Waals surface area (Å²) < 4.78 is 4.92. The Bertz CT molecular complexity index is 1180. The lowest BCUT2D eigenvalue weighted by Crippen LogP contribution is -2.41. The van der Waals surface area contributed by atoms with Crippen molar-refractivity contribution in [1.82, 2.24) is 10.4 Å². The maximum Gasteiger partial charge on any atom is 0.328 e. The minimum absolute atomic E-state index is 0.176. The third-order valence-corrected chi connectivity index (χ3v) is 7.51. The number of aryl methyl sites for hydroxylation is 3. The van der Waals surface area contributed by atoms with Crippen molar-refractivity contribution in [2.24, 2.45) is 5.73 Å². The van der Waals surface area contributed by atoms with Crippen molar-refractivity contribution < 1.29 is 19.5 Å². The molecule has 0 spiro atoms. The maximum absolute atomic E-state index is 12.7. The molecule has 0 bridgehead atoms. The van der Waals surface area contributed by atoms with E-state index >= 15 is 0 Å². The summed E-state index contributed by atoms with van der Waals surface area (Å²) in [6, 6.07) is 26.5. The van der Waals surface area contributed by atoms with Gasteiger partial charge in [-0.3, -0.25) is 4.79 Å². The second-order valence-electron chi connectivity index (χ2n) is 10.8. The van der Waals surface area contributed by atoms with Gasteiger partial charge in [0.1, 0.15) is 6.04 Å². The highest BCUT2D eigenvalue weighted by atomic mass is 16.5. The smallest absolute Gasteiger partial charge is 0.328 e. The number of carbonyl (C=O) groups is 2. The summed E-state index contributed by atoms with van der Waals surface area (Å²) >= 11 is 0. The predicted molar refractivity (Wildman–Crippen MR) is 168 cm³/mol. The average molecular weight is 574 g/mol. The van der Waals surface area contributed by atoms with Gasteiger partial charge in [0.15, 0.2) is 0 Å². The van der Waals surface area contributed by atoms with Gasteiger partial charge in [0.25, 0.3) is 0 Å². The molecule has 3 rings (SSSR count). The molecule has 0 saturated carbocycles. The number of ether oxygens (including phenoxy) is 1. The van der Waals surface area contributed by atoms with E-state index in [-0.39, 0.29) is 12.3 Å². The number of hydroxylamine groups is 2. The van der Waals surface area contributed by atoms with Gasteiger partial charge in [0.05, 0.1) is 7.11 Å². The highest BCUT2D eigenvalue weighted by Gasteiger charge is 2.21. The number of esters is 1. The zero-order chi connectivity index (χ0) is 30.0. The standard InChI is InChI=1S/C35H47N3O4/c1-42-35(40)33(14-6-8-26-38(41)27-9-13-28-10-3-2-4-11-28)37-34(39)24-19-30-17-22-32(23-18-30)31-20-15-29(16-21-31)12-5-7-25-36/h2-4,10-11,15-18,20-23,33,41H,5-9,12-14,19,24-27,36H2,1H3,(H,37,39)/t33-/m0/s1. The number of hydrogen-bond acceptors (Lipinski definition) is 6. The summed E-state index contributed by atoms with van der Waals surface area (Å²) in [5.74, 6) is -0.619. The summed E-state index contributed by atoms with van der Waals surface area (Å²) in [6.07, 6.45) is 7.74. The first kappa shape index (κ1) is 33.0. The summed E-state index contributed by atoms with van der Waals surface area (Å²) in [7, 11) is 1.33. The highest BCUT2D eigenvalue weighted by molar-refractivity contribution is 5.84. The minimum Gasteiger partial charge on any atom is -0.467 e. The van der Waals surface area contributed by atoms with Gasteiger partial charge in [-0.1, -0.05) is 78.9 Å². The number of unbranched alkanes of at least 4 members (excludes halogenated alkanes) is 2. The normalized spacial score (nSPS) is 11.8. The van der Waals surface area contributed by atoms with Crippen molar-refractivity contribution in [3.63, 3.8) is 0 Å². The lowest BCUT2D eigenvalue weighted by molar-refractivity contribution is -0.145. The molecule has 7 heteroatoms. The van der Waals surface area contributed by atoms with E-state index in [1.807, 2.05) is 18.2 Å². The van der Waals surface area contributed by atoms with Crippen LogP contribution in [0.2, 0.25) is 0 Å². The van der Waals surface area contributed by atoms with Crippen LogP contribution in [0.1, 0.15) is 61.6 Å². The summed E-state index contributed by atoms with van der Waals surface area (Å²) in [4.78, 5) is 24.9. The number of carbonyl (C=O) groups excluding carboxylic acids is 2. The summed E-state index contributed by atoms with van der Waals surface area (Å²) in [6.45, 7) is 1.85. The topological polar surface area (TPSA) is 105 Å². The fourth-order valence-electron chi connectivity index (χ4n) is 4.98. The molecule has 3 aromatic carbocycles. The average Bonchev–Trinajstić information content (AvgIpc) is 3.02. The number of hydrogen-bond donors (Lipinski definition) is 3. The van der Waals surface area contributed by atoms with Crippen molar-refractivity contribution in [1.29, 1.82) is 0 Å². The van der Waals surface area contributed by atoms with E-state index in [1.54, 1.807) is 0 Å². The quantitative estimate of drug-likeness (QED) is 0.0963. The first-order valence-corrected chi connectivity index (χ1v) is 15.2. The summed E-state index contributed by atoms with van der Waals surface area (Å²) in [5, 5.41) is 14.3. The van der Waals surface area contributed by atoms with Crippen LogP contribution in [0.3, 0.4) is 0 Å². The van der Waals surface area contributed by atoms with Crippen LogP contribution in [0.15, 0.2) is 78.9 Å². The van der Waals surface area contributed by atoms with Gasteiger partial charge >= 0.3 is 5.97 Å². The number of amides is 1. The molecule has 0 unspecified atom stereocenters. The largest absolute Gasteiger partial charge is 0.467 e. The fourth-order valence-corrected chi connectivity index (χ4v) is 4.98. The van der Waals surface area contributed by atoms with E-state index in [0.29, 0.717) is 38.8 Å². The number of benzene rings is 3. The Morgan fingerprint density at radius 1 is 0.762 bits per heavy atom. The second-order valence-corrected chi connectivity index (χ2v) is 10.8. The van der Waals surface area contributed by atoms with Crippen LogP contribution in [0.5, 0.6) is 0 Å². The molecular weight excluding hydrogens is 526 g/mol. The molecule has 0 fully saturated rings.